The lowest BCUT2D eigenvalue weighted by atomic mass is 10.0. The fourth-order valence-corrected chi connectivity index (χ4v) is 4.10. The van der Waals surface area contributed by atoms with Gasteiger partial charge in [0.1, 0.15) is 18.5 Å². The number of aliphatic hydroxyl groups is 1. The molecule has 0 unspecified atom stereocenters. The van der Waals surface area contributed by atoms with Crippen LogP contribution < -0.4 is 10.1 Å². The van der Waals surface area contributed by atoms with E-state index in [9.17, 15) is 9.90 Å². The van der Waals surface area contributed by atoms with E-state index in [4.69, 9.17) is 21.4 Å². The minimum absolute atomic E-state index is 0.0986. The molecule has 0 aromatic heterocycles. The van der Waals surface area contributed by atoms with Crippen LogP contribution in [0.15, 0.2) is 42.5 Å². The summed E-state index contributed by atoms with van der Waals surface area (Å²) in [5.74, 6) is -0.398. The summed E-state index contributed by atoms with van der Waals surface area (Å²) in [7, 11) is 0. The number of benzene rings is 2. The second kappa shape index (κ2) is 11.5. The highest BCUT2D eigenvalue weighted by atomic mass is 35.5. The van der Waals surface area contributed by atoms with Crippen molar-refractivity contribution in [2.75, 3.05) is 26.2 Å². The topological polar surface area (TPSA) is 82.0 Å². The number of halogens is 1. The Morgan fingerprint density at radius 3 is 2.68 bits per heavy atom. The van der Waals surface area contributed by atoms with E-state index in [2.05, 4.69) is 23.2 Å². The summed E-state index contributed by atoms with van der Waals surface area (Å²) in [6, 6.07) is 13.5. The maximum Gasteiger partial charge on any atom is 0.307 e. The largest absolute Gasteiger partial charge is 0.491 e. The number of aliphatic hydroxyl groups excluding tert-OH is 1. The van der Waals surface area contributed by atoms with Crippen molar-refractivity contribution >= 4 is 17.6 Å². The van der Waals surface area contributed by atoms with Gasteiger partial charge in [0.05, 0.1) is 6.42 Å². The van der Waals surface area contributed by atoms with Gasteiger partial charge >= 0.3 is 5.97 Å². The first-order valence-electron chi connectivity index (χ1n) is 10.7. The number of hydrogen-bond acceptors (Lipinski definition) is 5. The van der Waals surface area contributed by atoms with Gasteiger partial charge in [-0.1, -0.05) is 35.9 Å². The zero-order valence-electron chi connectivity index (χ0n) is 17.9. The molecule has 0 radical (unpaired) electrons. The average Bonchev–Trinajstić information content (AvgIpc) is 2.74. The molecule has 1 aliphatic heterocycles. The SMILES string of the molecule is Cc1cc(Cl)ccc1CN1CCC(NC[C@H](O)COc2ccccc2CC(=O)O)CC1. The number of aryl methyl sites for hydroxylation is 1. The van der Waals surface area contributed by atoms with Crippen LogP contribution in [0.25, 0.3) is 0 Å². The number of hydrogen-bond donors (Lipinski definition) is 3. The molecule has 2 aromatic carbocycles. The van der Waals surface area contributed by atoms with Crippen molar-refractivity contribution in [1.29, 1.82) is 0 Å². The van der Waals surface area contributed by atoms with Crippen molar-refractivity contribution in [1.82, 2.24) is 10.2 Å². The molecule has 3 rings (SSSR count). The van der Waals surface area contributed by atoms with Crippen LogP contribution in [-0.4, -0.2) is 59.5 Å². The van der Waals surface area contributed by atoms with Crippen LogP contribution in [0.1, 0.15) is 29.5 Å². The van der Waals surface area contributed by atoms with Crippen LogP contribution in [0, 0.1) is 6.92 Å². The first-order valence-corrected chi connectivity index (χ1v) is 11.1. The zero-order valence-corrected chi connectivity index (χ0v) is 18.6. The number of ether oxygens (including phenoxy) is 1. The monoisotopic (exact) mass is 446 g/mol. The molecule has 0 saturated carbocycles. The Kier molecular flexibility index (Phi) is 8.72. The molecule has 0 amide bonds. The van der Waals surface area contributed by atoms with Crippen molar-refractivity contribution in [3.05, 3.63) is 64.2 Å². The predicted octanol–water partition coefficient (Wildman–Crippen LogP) is 3.27. The second-order valence-electron chi connectivity index (χ2n) is 8.17. The van der Waals surface area contributed by atoms with Gasteiger partial charge in [-0.05, 0) is 62.2 Å². The van der Waals surface area contributed by atoms with E-state index >= 15 is 0 Å². The normalized spacial score (nSPS) is 16.2. The van der Waals surface area contributed by atoms with E-state index in [1.165, 1.54) is 11.1 Å². The molecule has 2 aromatic rings. The number of nitrogens with zero attached hydrogens (tertiary/aromatic N) is 1. The van der Waals surface area contributed by atoms with Crippen LogP contribution in [0.4, 0.5) is 0 Å². The molecule has 7 heteroatoms. The summed E-state index contributed by atoms with van der Waals surface area (Å²) in [6.07, 6.45) is 1.30. The molecule has 0 bridgehead atoms. The third-order valence-electron chi connectivity index (χ3n) is 5.67. The van der Waals surface area contributed by atoms with Gasteiger partial charge in [-0.25, -0.2) is 0 Å². The number of nitrogens with one attached hydrogen (secondary N) is 1. The van der Waals surface area contributed by atoms with Gasteiger partial charge < -0.3 is 20.3 Å². The highest BCUT2D eigenvalue weighted by Crippen LogP contribution is 2.20. The fourth-order valence-electron chi connectivity index (χ4n) is 3.87. The Hall–Kier alpha value is -2.12. The Morgan fingerprint density at radius 2 is 1.97 bits per heavy atom. The number of carboxylic acids is 1. The van der Waals surface area contributed by atoms with Gasteiger partial charge in [-0.3, -0.25) is 9.69 Å². The molecule has 1 atom stereocenters. The summed E-state index contributed by atoms with van der Waals surface area (Å²) >= 11 is 6.05. The minimum Gasteiger partial charge on any atom is -0.491 e. The quantitative estimate of drug-likeness (QED) is 0.519. The van der Waals surface area contributed by atoms with Crippen molar-refractivity contribution < 1.29 is 19.7 Å². The van der Waals surface area contributed by atoms with Crippen molar-refractivity contribution in [2.24, 2.45) is 0 Å². The number of aliphatic carboxylic acids is 1. The molecular weight excluding hydrogens is 416 g/mol. The van der Waals surface area contributed by atoms with Crippen LogP contribution in [-0.2, 0) is 17.8 Å². The summed E-state index contributed by atoms with van der Waals surface area (Å²) in [6.45, 7) is 5.62. The van der Waals surface area contributed by atoms with E-state index in [-0.39, 0.29) is 13.0 Å². The summed E-state index contributed by atoms with van der Waals surface area (Å²) in [5.41, 5.74) is 3.14. The molecule has 6 nitrogen and oxygen atoms in total. The van der Waals surface area contributed by atoms with Gasteiger partial charge in [-0.2, -0.15) is 0 Å². The van der Waals surface area contributed by atoms with E-state index < -0.39 is 12.1 Å². The third kappa shape index (κ3) is 7.51. The maximum absolute atomic E-state index is 11.0. The molecule has 168 valence electrons. The number of rotatable bonds is 10. The standard InChI is InChI=1S/C24H31ClN2O4/c1-17-12-20(25)7-6-19(17)15-27-10-8-21(9-11-27)26-14-22(28)16-31-23-5-3-2-4-18(23)13-24(29)30/h2-7,12,21-22,26,28H,8-11,13-16H2,1H3,(H,29,30)/t22-/m0/s1. The first-order chi connectivity index (χ1) is 14.9. The molecule has 1 aliphatic rings. The average molecular weight is 447 g/mol. The highest BCUT2D eigenvalue weighted by molar-refractivity contribution is 6.30. The predicted molar refractivity (Wildman–Crippen MR) is 122 cm³/mol. The third-order valence-corrected chi connectivity index (χ3v) is 5.91. The van der Waals surface area contributed by atoms with Gasteiger partial charge in [0.2, 0.25) is 0 Å². The van der Waals surface area contributed by atoms with Crippen molar-refractivity contribution in [3.63, 3.8) is 0 Å². The van der Waals surface area contributed by atoms with Crippen molar-refractivity contribution in [3.8, 4) is 5.75 Å². The number of carbonyl (C=O) groups is 1. The van der Waals surface area contributed by atoms with Gasteiger partial charge in [-0.15, -0.1) is 0 Å². The molecule has 0 spiro atoms. The molecule has 31 heavy (non-hydrogen) atoms. The highest BCUT2D eigenvalue weighted by Gasteiger charge is 2.20. The number of carboxylic acid groups (broad SMARTS) is 1. The van der Waals surface area contributed by atoms with Crippen LogP contribution in [0.2, 0.25) is 5.02 Å². The van der Waals surface area contributed by atoms with Crippen LogP contribution >= 0.6 is 11.6 Å². The lowest BCUT2D eigenvalue weighted by Crippen LogP contribution is -2.45. The molecule has 3 N–H and O–H groups in total. The summed E-state index contributed by atoms with van der Waals surface area (Å²) < 4.78 is 5.67. The van der Waals surface area contributed by atoms with E-state index in [1.54, 1.807) is 24.3 Å². The van der Waals surface area contributed by atoms with Gasteiger partial charge in [0, 0.05) is 29.7 Å². The summed E-state index contributed by atoms with van der Waals surface area (Å²) in [4.78, 5) is 13.4. The lowest BCUT2D eigenvalue weighted by molar-refractivity contribution is -0.136. The van der Waals surface area contributed by atoms with Crippen LogP contribution in [0.3, 0.4) is 0 Å². The smallest absolute Gasteiger partial charge is 0.307 e. The fraction of sp³-hybridized carbons (Fsp3) is 0.458. The number of likely N-dealkylation sites (tertiary alicyclic amines) is 1. The number of para-hydroxylation sites is 1. The Bertz CT molecular complexity index is 868. The Labute approximate surface area is 188 Å². The van der Waals surface area contributed by atoms with Crippen molar-refractivity contribution in [2.45, 2.75) is 44.9 Å². The molecule has 1 heterocycles. The maximum atomic E-state index is 11.0. The first kappa shape index (κ1) is 23.5. The molecular formula is C24H31ClN2O4. The van der Waals surface area contributed by atoms with Gasteiger partial charge in [0.15, 0.2) is 0 Å². The van der Waals surface area contributed by atoms with Gasteiger partial charge in [0.25, 0.3) is 0 Å². The minimum atomic E-state index is -0.907. The zero-order chi connectivity index (χ0) is 22.2. The number of piperidine rings is 1. The van der Waals surface area contributed by atoms with E-state index in [0.717, 1.165) is 37.5 Å². The van der Waals surface area contributed by atoms with Crippen LogP contribution in [0.5, 0.6) is 5.75 Å². The van der Waals surface area contributed by atoms with E-state index in [0.29, 0.717) is 23.9 Å². The second-order valence-corrected chi connectivity index (χ2v) is 8.61. The lowest BCUT2D eigenvalue weighted by Gasteiger charge is -2.33. The molecule has 1 saturated heterocycles. The Morgan fingerprint density at radius 1 is 1.23 bits per heavy atom. The molecule has 0 aliphatic carbocycles. The molecule has 1 fully saturated rings. The van der Waals surface area contributed by atoms with E-state index in [1.807, 2.05) is 12.1 Å². The summed E-state index contributed by atoms with van der Waals surface area (Å²) in [5, 5.41) is 23.5. The Balaban J connectivity index is 1.37.